The van der Waals surface area contributed by atoms with E-state index in [1.165, 1.54) is 14.7 Å². The van der Waals surface area contributed by atoms with Crippen LogP contribution in [0.5, 0.6) is 23.0 Å². The van der Waals surface area contributed by atoms with Crippen molar-refractivity contribution in [3.63, 3.8) is 0 Å². The van der Waals surface area contributed by atoms with Gasteiger partial charge in [0.1, 0.15) is 23.0 Å². The molecule has 0 aliphatic carbocycles. The van der Waals surface area contributed by atoms with E-state index >= 15 is 0 Å². The van der Waals surface area contributed by atoms with E-state index in [4.69, 9.17) is 18.9 Å². The number of ether oxygens (including phenoxy) is 4. The number of nitrogens with zero attached hydrogens (tertiary/aromatic N) is 3. The molecule has 0 heterocycles. The molecule has 0 saturated heterocycles. The zero-order valence-corrected chi connectivity index (χ0v) is 37.3. The summed E-state index contributed by atoms with van der Waals surface area (Å²) in [5, 5.41) is 43.4. The molecule has 352 valence electrons. The number of aryl methyl sites for hydroxylation is 1. The molecule has 19 nitrogen and oxygen atoms in total. The molecule has 0 spiro atoms. The number of carbonyl (C=O) groups excluding carboxylic acids is 2. The number of carboxylic acids is 4. The summed E-state index contributed by atoms with van der Waals surface area (Å²) in [7, 11) is 0. The number of hydrogen-bond acceptors (Lipinski definition) is 13. The van der Waals surface area contributed by atoms with Crippen LogP contribution in [0.25, 0.3) is 0 Å². The van der Waals surface area contributed by atoms with Gasteiger partial charge in [0.05, 0.1) is 65.6 Å². The van der Waals surface area contributed by atoms with E-state index in [-0.39, 0.29) is 71.3 Å². The summed E-state index contributed by atoms with van der Waals surface area (Å²) < 4.78 is 23.2. The number of hydrogen-bond donors (Lipinski definition) is 6. The standard InChI is InChI=1S/C44H67N5O14/c1-6-33-21-35(62-29-31(2)3)9-11-37(33)60-19-7-13-45-39(50)24-48(27-43(56)57)17-15-47(26-42(54)55)16-18-49(28-44(58)59)25-40(51)46-14-8-20-61-38-12-10-36(63-30-32(4)5)22-34(38)23-41(52)53/h9-12,21-22,31-32H,6-8,13-20,23-30H2,1-5H3,(H,45,50)(H,46,51)(H,52,53)(H,54,55)(H,56,57)(H,58,59). The summed E-state index contributed by atoms with van der Waals surface area (Å²) in [5.74, 6) is -2.38. The Labute approximate surface area is 369 Å². The van der Waals surface area contributed by atoms with Gasteiger partial charge in [-0.1, -0.05) is 34.6 Å². The van der Waals surface area contributed by atoms with E-state index in [1.54, 1.807) is 18.2 Å². The Bertz CT molecular complexity index is 1760. The lowest BCUT2D eigenvalue weighted by atomic mass is 10.1. The Morgan fingerprint density at radius 3 is 1.33 bits per heavy atom. The van der Waals surface area contributed by atoms with Crippen molar-refractivity contribution in [1.29, 1.82) is 0 Å². The number of rotatable bonds is 35. The molecule has 0 aliphatic rings. The average Bonchev–Trinajstić information content (AvgIpc) is 3.19. The van der Waals surface area contributed by atoms with Crippen LogP contribution in [-0.2, 0) is 41.6 Å². The minimum absolute atomic E-state index is 0.00334. The highest BCUT2D eigenvalue weighted by atomic mass is 16.5. The van der Waals surface area contributed by atoms with Gasteiger partial charge in [-0.2, -0.15) is 0 Å². The Morgan fingerprint density at radius 2 is 0.937 bits per heavy atom. The van der Waals surface area contributed by atoms with Crippen LogP contribution in [-0.4, -0.2) is 169 Å². The van der Waals surface area contributed by atoms with Gasteiger partial charge in [-0.3, -0.25) is 43.5 Å². The second-order valence-corrected chi connectivity index (χ2v) is 15.9. The molecule has 2 aromatic rings. The van der Waals surface area contributed by atoms with Crippen molar-refractivity contribution in [2.75, 3.05) is 98.4 Å². The number of benzene rings is 2. The van der Waals surface area contributed by atoms with E-state index in [2.05, 4.69) is 24.5 Å². The molecule has 2 amide bonds. The van der Waals surface area contributed by atoms with Gasteiger partial charge in [0.15, 0.2) is 0 Å². The second kappa shape index (κ2) is 29.6. The molecular formula is C44H67N5O14. The zero-order chi connectivity index (χ0) is 46.7. The van der Waals surface area contributed by atoms with Gasteiger partial charge in [-0.05, 0) is 73.1 Å². The third-order valence-corrected chi connectivity index (χ3v) is 9.03. The Kier molecular flexibility index (Phi) is 25.1. The van der Waals surface area contributed by atoms with Crippen LogP contribution in [0.4, 0.5) is 0 Å². The SMILES string of the molecule is CCc1cc(OCC(C)C)ccc1OCCCNC(=O)CN(CCN(CCN(CC(=O)O)CC(=O)NCCCOc1ccc(OCC(C)C)cc1CC(=O)O)CC(=O)O)CC(=O)O. The second-order valence-electron chi connectivity index (χ2n) is 15.9. The van der Waals surface area contributed by atoms with Crippen molar-refractivity contribution in [2.45, 2.75) is 60.3 Å². The molecule has 2 rings (SSSR count). The van der Waals surface area contributed by atoms with Crippen LogP contribution in [0, 0.1) is 11.8 Å². The van der Waals surface area contributed by atoms with Crippen LogP contribution >= 0.6 is 0 Å². The number of nitrogens with one attached hydrogen (secondary N) is 2. The molecule has 0 bridgehead atoms. The van der Waals surface area contributed by atoms with Gasteiger partial charge in [-0.15, -0.1) is 0 Å². The van der Waals surface area contributed by atoms with Crippen molar-refractivity contribution in [1.82, 2.24) is 25.3 Å². The van der Waals surface area contributed by atoms with Gasteiger partial charge in [-0.25, -0.2) is 0 Å². The normalized spacial score (nSPS) is 11.3. The summed E-state index contributed by atoms with van der Waals surface area (Å²) in [6.07, 6.45) is 1.33. The predicted octanol–water partition coefficient (Wildman–Crippen LogP) is 2.58. The first-order valence-electron chi connectivity index (χ1n) is 21.3. The molecule has 0 atom stereocenters. The van der Waals surface area contributed by atoms with Crippen molar-refractivity contribution in [3.05, 3.63) is 47.5 Å². The van der Waals surface area contributed by atoms with Gasteiger partial charge < -0.3 is 50.0 Å². The largest absolute Gasteiger partial charge is 0.493 e. The maximum Gasteiger partial charge on any atom is 0.317 e. The first kappa shape index (κ1) is 53.5. The molecule has 0 aromatic heterocycles. The number of carboxylic acid groups (broad SMARTS) is 4. The molecule has 0 fully saturated rings. The summed E-state index contributed by atoms with van der Waals surface area (Å²) in [5.41, 5.74) is 1.44. The van der Waals surface area contributed by atoms with Gasteiger partial charge in [0.2, 0.25) is 11.8 Å². The Morgan fingerprint density at radius 1 is 0.540 bits per heavy atom. The average molecular weight is 890 g/mol. The fourth-order valence-electron chi connectivity index (χ4n) is 6.00. The Balaban J connectivity index is 1.86. The number of amides is 2. The van der Waals surface area contributed by atoms with E-state index in [0.717, 1.165) is 23.5 Å². The highest BCUT2D eigenvalue weighted by Crippen LogP contribution is 2.27. The minimum Gasteiger partial charge on any atom is -0.493 e. The molecule has 6 N–H and O–H groups in total. The molecule has 0 saturated carbocycles. The summed E-state index contributed by atoms with van der Waals surface area (Å²) >= 11 is 0. The molecule has 0 radical (unpaired) electrons. The van der Waals surface area contributed by atoms with Gasteiger partial charge in [0, 0.05) is 44.8 Å². The fraction of sp³-hybridized carbons (Fsp3) is 0.591. The van der Waals surface area contributed by atoms with Crippen molar-refractivity contribution in [2.24, 2.45) is 11.8 Å². The topological polar surface area (TPSA) is 254 Å². The number of carbonyl (C=O) groups is 6. The number of aliphatic carboxylic acids is 4. The van der Waals surface area contributed by atoms with E-state index in [1.807, 2.05) is 39.0 Å². The smallest absolute Gasteiger partial charge is 0.317 e. The summed E-state index contributed by atoms with van der Waals surface area (Å²) in [4.78, 5) is 76.2. The first-order chi connectivity index (χ1) is 29.9. The van der Waals surface area contributed by atoms with Gasteiger partial charge >= 0.3 is 23.9 Å². The van der Waals surface area contributed by atoms with Crippen LogP contribution in [0.3, 0.4) is 0 Å². The quantitative estimate of drug-likeness (QED) is 0.0544. The van der Waals surface area contributed by atoms with Crippen LogP contribution in [0.1, 0.15) is 58.6 Å². The fourth-order valence-corrected chi connectivity index (χ4v) is 6.00. The minimum atomic E-state index is -1.20. The lowest BCUT2D eigenvalue weighted by Crippen LogP contribution is -2.47. The molecule has 0 aliphatic heterocycles. The molecule has 2 aromatic carbocycles. The highest BCUT2D eigenvalue weighted by molar-refractivity contribution is 5.79. The van der Waals surface area contributed by atoms with Crippen LogP contribution in [0.15, 0.2) is 36.4 Å². The van der Waals surface area contributed by atoms with Gasteiger partial charge in [0.25, 0.3) is 0 Å². The Hall–Kier alpha value is -5.66. The highest BCUT2D eigenvalue weighted by Gasteiger charge is 2.20. The molecule has 63 heavy (non-hydrogen) atoms. The summed E-state index contributed by atoms with van der Waals surface area (Å²) in [6, 6.07) is 10.6. The van der Waals surface area contributed by atoms with Crippen LogP contribution < -0.4 is 29.6 Å². The van der Waals surface area contributed by atoms with Crippen molar-refractivity contribution >= 4 is 35.7 Å². The van der Waals surface area contributed by atoms with Crippen molar-refractivity contribution in [3.8, 4) is 23.0 Å². The maximum absolute atomic E-state index is 12.8. The molecule has 0 unspecified atom stereocenters. The lowest BCUT2D eigenvalue weighted by molar-refractivity contribution is -0.141. The van der Waals surface area contributed by atoms with E-state index < -0.39 is 55.3 Å². The summed E-state index contributed by atoms with van der Waals surface area (Å²) in [6.45, 7) is 10.3. The first-order valence-corrected chi connectivity index (χ1v) is 21.3. The molecule has 19 heteroatoms. The third-order valence-electron chi connectivity index (χ3n) is 9.03. The monoisotopic (exact) mass is 889 g/mol. The molecular weight excluding hydrogens is 823 g/mol. The van der Waals surface area contributed by atoms with E-state index in [9.17, 15) is 49.2 Å². The zero-order valence-electron chi connectivity index (χ0n) is 37.3. The van der Waals surface area contributed by atoms with E-state index in [0.29, 0.717) is 55.6 Å². The van der Waals surface area contributed by atoms with Crippen molar-refractivity contribution < 1.29 is 68.1 Å². The lowest BCUT2D eigenvalue weighted by Gasteiger charge is -2.28. The predicted molar refractivity (Wildman–Crippen MR) is 233 cm³/mol. The maximum atomic E-state index is 12.8. The third kappa shape index (κ3) is 24.5. The van der Waals surface area contributed by atoms with Crippen LogP contribution in [0.2, 0.25) is 0 Å².